The van der Waals surface area contributed by atoms with Gasteiger partial charge in [0.05, 0.1) is 0 Å². The Hall–Kier alpha value is -2.29. The van der Waals surface area contributed by atoms with Gasteiger partial charge in [0.2, 0.25) is 0 Å². The zero-order valence-electron chi connectivity index (χ0n) is 7.67. The first-order chi connectivity index (χ1) is 7.47. The van der Waals surface area contributed by atoms with Gasteiger partial charge in [0.1, 0.15) is 11.6 Å². The molecule has 0 aromatic heterocycles. The van der Waals surface area contributed by atoms with Gasteiger partial charge in [-0.1, -0.05) is 0 Å². The minimum atomic E-state index is -1.71. The minimum Gasteiger partial charge on any atom is -0.477 e. The summed E-state index contributed by atoms with van der Waals surface area (Å²) in [5, 5.41) is 16.9. The number of carbonyl (C=O) groups is 1. The Morgan fingerprint density at radius 1 is 1.31 bits per heavy atom. The highest BCUT2D eigenvalue weighted by Crippen LogP contribution is 2.17. The van der Waals surface area contributed by atoms with Gasteiger partial charge in [-0.2, -0.15) is 5.26 Å². The smallest absolute Gasteiger partial charge is 0.346 e. The highest BCUT2D eigenvalue weighted by atomic mass is 19.2. The maximum atomic E-state index is 13.1. The largest absolute Gasteiger partial charge is 0.477 e. The lowest BCUT2D eigenvalue weighted by atomic mass is 10.1. The van der Waals surface area contributed by atoms with Crippen molar-refractivity contribution in [3.8, 4) is 6.07 Å². The van der Waals surface area contributed by atoms with Crippen molar-refractivity contribution in [3.05, 3.63) is 40.7 Å². The van der Waals surface area contributed by atoms with E-state index in [1.807, 2.05) is 0 Å². The summed E-state index contributed by atoms with van der Waals surface area (Å²) in [6, 6.07) is 2.77. The Labute approximate surface area is 88.0 Å². The molecule has 6 heteroatoms. The van der Waals surface area contributed by atoms with Crippen LogP contribution >= 0.6 is 0 Å². The second kappa shape index (κ2) is 4.49. The molecule has 0 saturated heterocycles. The second-order valence-corrected chi connectivity index (χ2v) is 2.74. The molecule has 1 N–H and O–H groups in total. The van der Waals surface area contributed by atoms with E-state index in [-0.39, 0.29) is 0 Å². The number of benzene rings is 1. The molecule has 0 bridgehead atoms. The number of hydrogen-bond donors (Lipinski definition) is 1. The normalized spacial score (nSPS) is 11.0. The Balaban J connectivity index is 3.32. The summed E-state index contributed by atoms with van der Waals surface area (Å²) in [4.78, 5) is 10.4. The van der Waals surface area contributed by atoms with Gasteiger partial charge < -0.3 is 5.11 Å². The van der Waals surface area contributed by atoms with Gasteiger partial charge in [-0.15, -0.1) is 0 Å². The van der Waals surface area contributed by atoms with Crippen LogP contribution in [0.25, 0.3) is 6.08 Å². The molecule has 0 unspecified atom stereocenters. The van der Waals surface area contributed by atoms with Crippen molar-refractivity contribution in [2.24, 2.45) is 0 Å². The van der Waals surface area contributed by atoms with E-state index in [0.717, 1.165) is 6.07 Å². The molecule has 0 saturated carbocycles. The van der Waals surface area contributed by atoms with Gasteiger partial charge in [-0.05, 0) is 18.2 Å². The van der Waals surface area contributed by atoms with Gasteiger partial charge in [0.15, 0.2) is 17.5 Å². The average molecular weight is 227 g/mol. The number of nitriles is 1. The highest BCUT2D eigenvalue weighted by Gasteiger charge is 2.14. The first-order valence-electron chi connectivity index (χ1n) is 3.96. The molecule has 0 radical (unpaired) electrons. The van der Waals surface area contributed by atoms with Crippen molar-refractivity contribution in [3.63, 3.8) is 0 Å². The first kappa shape index (κ1) is 11.8. The number of rotatable bonds is 2. The quantitative estimate of drug-likeness (QED) is 0.478. The molecule has 0 spiro atoms. The van der Waals surface area contributed by atoms with Crippen LogP contribution in [-0.2, 0) is 4.79 Å². The molecule has 0 aliphatic carbocycles. The summed E-state index contributed by atoms with van der Waals surface area (Å²) in [5.41, 5.74) is -1.28. The summed E-state index contributed by atoms with van der Waals surface area (Å²) in [6.45, 7) is 0. The van der Waals surface area contributed by atoms with E-state index in [0.29, 0.717) is 12.1 Å². The molecular weight excluding hydrogens is 223 g/mol. The van der Waals surface area contributed by atoms with Crippen LogP contribution in [0.2, 0.25) is 0 Å². The van der Waals surface area contributed by atoms with E-state index in [2.05, 4.69) is 0 Å². The van der Waals surface area contributed by atoms with Crippen LogP contribution in [0.4, 0.5) is 13.2 Å². The fourth-order valence-corrected chi connectivity index (χ4v) is 0.950. The summed E-state index contributed by atoms with van der Waals surface area (Å²) in [7, 11) is 0. The van der Waals surface area contributed by atoms with Crippen LogP contribution in [0.5, 0.6) is 0 Å². The zero-order valence-corrected chi connectivity index (χ0v) is 7.67. The zero-order chi connectivity index (χ0) is 12.3. The number of carboxylic acids is 1. The van der Waals surface area contributed by atoms with Gasteiger partial charge in [0.25, 0.3) is 0 Å². The number of carboxylic acid groups (broad SMARTS) is 1. The summed E-state index contributed by atoms with van der Waals surface area (Å²) in [6.07, 6.45) is 0.625. The molecular formula is C10H4F3NO2. The topological polar surface area (TPSA) is 61.1 Å². The Morgan fingerprint density at radius 2 is 1.94 bits per heavy atom. The van der Waals surface area contributed by atoms with E-state index in [9.17, 15) is 18.0 Å². The van der Waals surface area contributed by atoms with Gasteiger partial charge in [-0.25, -0.2) is 18.0 Å². The van der Waals surface area contributed by atoms with Gasteiger partial charge in [-0.3, -0.25) is 0 Å². The van der Waals surface area contributed by atoms with Crippen molar-refractivity contribution < 1.29 is 23.1 Å². The van der Waals surface area contributed by atoms with Gasteiger partial charge in [0, 0.05) is 5.56 Å². The minimum absolute atomic E-state index is 0.502. The Morgan fingerprint density at radius 3 is 2.44 bits per heavy atom. The Bertz CT molecular complexity index is 518. The van der Waals surface area contributed by atoms with Crippen molar-refractivity contribution in [1.29, 1.82) is 5.26 Å². The van der Waals surface area contributed by atoms with Crippen LogP contribution in [0.15, 0.2) is 17.7 Å². The van der Waals surface area contributed by atoms with E-state index in [1.165, 1.54) is 6.07 Å². The summed E-state index contributed by atoms with van der Waals surface area (Å²) < 4.78 is 38.3. The van der Waals surface area contributed by atoms with Crippen molar-refractivity contribution in [1.82, 2.24) is 0 Å². The number of aliphatic carboxylic acids is 1. The van der Waals surface area contributed by atoms with Crippen LogP contribution in [-0.4, -0.2) is 11.1 Å². The number of nitrogens with zero attached hydrogens (tertiary/aromatic N) is 1. The SMILES string of the molecule is N#C/C(=C\c1ccc(F)c(F)c1F)C(=O)O. The van der Waals surface area contributed by atoms with Crippen molar-refractivity contribution >= 4 is 12.0 Å². The first-order valence-corrected chi connectivity index (χ1v) is 3.96. The van der Waals surface area contributed by atoms with Crippen LogP contribution in [0, 0.1) is 28.8 Å². The van der Waals surface area contributed by atoms with E-state index in [4.69, 9.17) is 10.4 Å². The van der Waals surface area contributed by atoms with E-state index in [1.54, 1.807) is 0 Å². The van der Waals surface area contributed by atoms with Crippen LogP contribution < -0.4 is 0 Å². The maximum absolute atomic E-state index is 13.1. The monoisotopic (exact) mass is 227 g/mol. The van der Waals surface area contributed by atoms with Crippen LogP contribution in [0.1, 0.15) is 5.56 Å². The summed E-state index contributed by atoms with van der Waals surface area (Å²) >= 11 is 0. The molecule has 0 atom stereocenters. The molecule has 0 fully saturated rings. The van der Waals surface area contributed by atoms with Gasteiger partial charge >= 0.3 is 5.97 Å². The Kier molecular flexibility index (Phi) is 3.30. The van der Waals surface area contributed by atoms with Crippen LogP contribution in [0.3, 0.4) is 0 Å². The average Bonchev–Trinajstić information content (AvgIpc) is 2.25. The molecule has 0 aliphatic rings. The van der Waals surface area contributed by atoms with E-state index >= 15 is 0 Å². The third-order valence-electron chi connectivity index (χ3n) is 1.72. The molecule has 0 heterocycles. The standard InChI is InChI=1S/C10H4F3NO2/c11-7-2-1-5(8(12)9(7)13)3-6(4-14)10(15)16/h1-3H,(H,15,16)/b6-3+. The van der Waals surface area contributed by atoms with Crippen molar-refractivity contribution in [2.75, 3.05) is 0 Å². The molecule has 0 amide bonds. The molecule has 82 valence electrons. The van der Waals surface area contributed by atoms with Crippen molar-refractivity contribution in [2.45, 2.75) is 0 Å². The number of hydrogen-bond acceptors (Lipinski definition) is 2. The molecule has 1 aromatic rings. The predicted octanol–water partition coefficient (Wildman–Crippen LogP) is 2.10. The lowest BCUT2D eigenvalue weighted by Gasteiger charge is -1.99. The third kappa shape index (κ3) is 2.20. The second-order valence-electron chi connectivity index (χ2n) is 2.74. The highest BCUT2D eigenvalue weighted by molar-refractivity contribution is 5.96. The molecule has 1 aromatic carbocycles. The lowest BCUT2D eigenvalue weighted by molar-refractivity contribution is -0.132. The fraction of sp³-hybridized carbons (Fsp3) is 0. The molecule has 3 nitrogen and oxygen atoms in total. The predicted molar refractivity (Wildman–Crippen MR) is 47.5 cm³/mol. The fourth-order valence-electron chi connectivity index (χ4n) is 0.950. The number of halogens is 3. The summed E-state index contributed by atoms with van der Waals surface area (Å²) in [5.74, 6) is -6.21. The molecule has 1 rings (SSSR count). The molecule has 16 heavy (non-hydrogen) atoms. The van der Waals surface area contributed by atoms with E-state index < -0.39 is 34.6 Å². The lowest BCUT2D eigenvalue weighted by Crippen LogP contribution is -1.99. The third-order valence-corrected chi connectivity index (χ3v) is 1.72. The molecule has 0 aliphatic heterocycles. The maximum Gasteiger partial charge on any atom is 0.346 e.